The minimum absolute atomic E-state index is 0.0276. The summed E-state index contributed by atoms with van der Waals surface area (Å²) >= 11 is 7.49. The Bertz CT molecular complexity index is 2680. The Labute approximate surface area is 606 Å². The molecule has 9 aliphatic rings. The second-order valence-electron chi connectivity index (χ2n) is 26.1. The lowest BCUT2D eigenvalue weighted by Crippen LogP contribution is -2.36. The van der Waals surface area contributed by atoms with E-state index in [0.29, 0.717) is 124 Å². The average Bonchev–Trinajstić information content (AvgIpc) is 1.74. The maximum absolute atomic E-state index is 11.9. The summed E-state index contributed by atoms with van der Waals surface area (Å²) in [6.07, 6.45) is 11.8. The first-order valence-electron chi connectivity index (χ1n) is 35.0. The van der Waals surface area contributed by atoms with Crippen LogP contribution in [-0.2, 0) is 66.9 Å². The Balaban J connectivity index is 0.000000217. The number of thioether (sulfide) groups is 4. The van der Waals surface area contributed by atoms with E-state index in [9.17, 15) is 57.5 Å². The summed E-state index contributed by atoms with van der Waals surface area (Å²) in [5.74, 6) is 6.15. The number of unbranched alkanes of at least 4 members (excludes halogenated alkanes) is 4. The van der Waals surface area contributed by atoms with Crippen LogP contribution >= 0.6 is 47.0 Å². The number of nitrogens with one attached hydrogen (secondary N) is 12. The van der Waals surface area contributed by atoms with E-state index in [4.69, 9.17) is 39.5 Å². The number of amides is 14. The van der Waals surface area contributed by atoms with Crippen molar-refractivity contribution >= 4 is 119 Å². The minimum Gasteiger partial charge on any atom is -0.481 e. The number of nitrogens with zero attached hydrogens (tertiary/aromatic N) is 1. The van der Waals surface area contributed by atoms with Crippen LogP contribution < -0.4 is 69.7 Å². The zero-order chi connectivity index (χ0) is 72.9. The predicted octanol–water partition coefficient (Wildman–Crippen LogP) is 1.37. The molecule has 0 spiro atoms. The number of hydroxylamine groups is 2. The third kappa shape index (κ3) is 32.3. The number of carboxylic acid groups (broad SMARTS) is 1. The van der Waals surface area contributed by atoms with Crippen LogP contribution in [0.4, 0.5) is 24.0 Å². The number of carbonyl (C=O) groups excluding carboxylic acids is 11. The SMILES string of the molecule is CC(C)(C)OC(=O)NCCOCCOCCNC(=O)CCCCC1SC[C@@H]2NC(=O)N[C@H]12.NOCC(=O)NCCOCCOCCNC(=O)CCCCC1SC[C@@H]2NC(=O)N[C@H]12.O=C(O)CCCCC1SC[C@@H]2NC(=O)N[C@H]12.O=C1N[C@H]2CSC(CCCCC(=O)ON3C(=O)CCC3=O)[C@H]2N1. The zero-order valence-electron chi connectivity index (χ0n) is 58.0. The summed E-state index contributed by atoms with van der Waals surface area (Å²) in [4.78, 5) is 145. The minimum atomic E-state index is -0.729. The monoisotopic (exact) mass is 1510 g/mol. The zero-order valence-corrected chi connectivity index (χ0v) is 61.3. The van der Waals surface area contributed by atoms with E-state index in [1.54, 1.807) is 0 Å². The van der Waals surface area contributed by atoms with Crippen LogP contribution in [-0.4, -0.2) is 265 Å². The third-order valence-electron chi connectivity index (χ3n) is 17.1. The lowest BCUT2D eigenvalue weighted by molar-refractivity contribution is -0.197. The molecule has 38 heteroatoms. The molecule has 0 aromatic carbocycles. The average molecular weight is 1510 g/mol. The van der Waals surface area contributed by atoms with Crippen molar-refractivity contribution in [1.29, 1.82) is 0 Å². The van der Waals surface area contributed by atoms with Crippen LogP contribution in [0.2, 0.25) is 0 Å². The molecule has 9 fully saturated rings. The van der Waals surface area contributed by atoms with Crippen LogP contribution in [0.15, 0.2) is 0 Å². The fourth-order valence-corrected chi connectivity index (χ4v) is 18.3. The van der Waals surface area contributed by atoms with Crippen molar-refractivity contribution in [3.8, 4) is 0 Å². The molecule has 0 aromatic rings. The molecule has 0 radical (unpaired) electrons. The topological polar surface area (TPSA) is 463 Å². The van der Waals surface area contributed by atoms with Crippen LogP contribution in [0.5, 0.6) is 0 Å². The first-order chi connectivity index (χ1) is 48.5. The predicted molar refractivity (Wildman–Crippen MR) is 377 cm³/mol. The highest BCUT2D eigenvalue weighted by molar-refractivity contribution is 8.01. The highest BCUT2D eigenvalue weighted by Gasteiger charge is 2.46. The van der Waals surface area contributed by atoms with Gasteiger partial charge in [0, 0.05) is 109 Å². The molecule has 9 rings (SSSR count). The Morgan fingerprint density at radius 3 is 1.12 bits per heavy atom. The smallest absolute Gasteiger partial charge is 0.407 e. The summed E-state index contributed by atoms with van der Waals surface area (Å²) in [5, 5.41) is 45.2. The maximum Gasteiger partial charge on any atom is 0.407 e. The van der Waals surface area contributed by atoms with Crippen LogP contribution in [0.3, 0.4) is 0 Å². The number of hydrogen-bond acceptors (Lipinski definition) is 24. The lowest BCUT2D eigenvalue weighted by Gasteiger charge is -2.19. The van der Waals surface area contributed by atoms with E-state index in [2.05, 4.69) is 68.6 Å². The standard InChI is InChI=1S/C21H38N4O6S.C18H33N5O6S.C14H19N3O5S.C10H16N2O3S/c1-21(2,3)31-20(28)23-9-11-30-13-12-29-10-8-22-17(26)7-5-4-6-16-18-15(14-32-16)24-19(27)25-18;19-29-11-16(25)21-6-8-28-10-9-27-7-5-20-15(24)4-2-1-3-14-17-13(12-30-14)22-18(26)23-17;18-10-5-6-11(19)17(10)22-12(20)4-2-1-3-9-13-8(7-23-9)15-14(21)16-13;13-8(14)4-2-1-3-7-9-6(5-16-7)11-10(15)12-9/h15-16,18H,4-14H2,1-3H3,(H,22,26)(H,23,28)(H2,24,25,27);13-14,17H,1-12,19H2,(H,20,24)(H,21,25)(H2,22,23,26);8-9,13H,1-7H2,(H2,15,16,21);6-7,9H,1-5H2,(H,13,14)(H2,11,12,15)/t15-,16?,18-;13-,14?,17-;8-,9?,13-;6-,7?,9-/m0000/s1. The normalized spacial score (nSPS) is 25.4. The second-order valence-corrected chi connectivity index (χ2v) is 31.2. The largest absolute Gasteiger partial charge is 0.481 e. The number of carboxylic acids is 1. The van der Waals surface area contributed by atoms with Gasteiger partial charge in [-0.15, -0.1) is 5.06 Å². The molecule has 34 nitrogen and oxygen atoms in total. The molecule has 9 heterocycles. The van der Waals surface area contributed by atoms with Crippen molar-refractivity contribution in [2.24, 2.45) is 5.90 Å². The molecular weight excluding hydrogens is 1400 g/mol. The number of urea groups is 4. The Morgan fingerprint density at radius 1 is 0.455 bits per heavy atom. The first-order valence-corrected chi connectivity index (χ1v) is 39.2. The van der Waals surface area contributed by atoms with E-state index in [0.717, 1.165) is 93.6 Å². The quantitative estimate of drug-likeness (QED) is 0.0178. The number of hydrogen-bond donors (Lipinski definition) is 14. The van der Waals surface area contributed by atoms with E-state index in [1.165, 1.54) is 0 Å². The fraction of sp³-hybridized carbons (Fsp3) is 0.810. The molecular formula is C63H106N14O20S4. The van der Waals surface area contributed by atoms with Gasteiger partial charge in [-0.2, -0.15) is 47.0 Å². The van der Waals surface area contributed by atoms with Crippen LogP contribution in [0.1, 0.15) is 136 Å². The number of ether oxygens (including phenoxy) is 5. The van der Waals surface area contributed by atoms with Gasteiger partial charge in [-0.3, -0.25) is 33.6 Å². The van der Waals surface area contributed by atoms with E-state index < -0.39 is 35.4 Å². The number of aliphatic carboxylic acids is 1. The van der Waals surface area contributed by atoms with Gasteiger partial charge in [-0.25, -0.2) is 34.7 Å². The van der Waals surface area contributed by atoms with Gasteiger partial charge in [0.2, 0.25) is 17.7 Å². The summed E-state index contributed by atoms with van der Waals surface area (Å²) in [7, 11) is 0. The van der Waals surface area contributed by atoms with Gasteiger partial charge in [0.15, 0.2) is 0 Å². The number of fused-ring (bicyclic) bond motifs is 4. The van der Waals surface area contributed by atoms with Crippen LogP contribution in [0.25, 0.3) is 0 Å². The number of nitrogens with two attached hydrogens (primary N) is 1. The second kappa shape index (κ2) is 46.0. The van der Waals surface area contributed by atoms with Gasteiger partial charge in [-0.1, -0.05) is 25.7 Å². The van der Waals surface area contributed by atoms with Gasteiger partial charge < -0.3 is 97.4 Å². The highest BCUT2D eigenvalue weighted by atomic mass is 32.2. The van der Waals surface area contributed by atoms with Gasteiger partial charge in [-0.05, 0) is 72.1 Å². The van der Waals surface area contributed by atoms with Gasteiger partial charge >= 0.3 is 42.2 Å². The summed E-state index contributed by atoms with van der Waals surface area (Å²) in [6, 6.07) is 1.53. The van der Waals surface area contributed by atoms with E-state index in [-0.39, 0.29) is 122 Å². The number of rotatable bonds is 41. The Morgan fingerprint density at radius 2 is 0.782 bits per heavy atom. The number of imide groups is 1. The van der Waals surface area contributed by atoms with Crippen molar-refractivity contribution < 1.29 is 96.0 Å². The molecule has 0 bridgehead atoms. The molecule has 0 aromatic heterocycles. The maximum atomic E-state index is 11.9. The third-order valence-corrected chi connectivity index (χ3v) is 23.1. The van der Waals surface area contributed by atoms with E-state index >= 15 is 0 Å². The lowest BCUT2D eigenvalue weighted by atomic mass is 10.0. The number of carbonyl (C=O) groups is 12. The molecule has 9 aliphatic heterocycles. The molecule has 4 unspecified atom stereocenters. The summed E-state index contributed by atoms with van der Waals surface area (Å²) in [6.45, 7) is 10.2. The van der Waals surface area contributed by atoms with Crippen molar-refractivity contribution in [3.63, 3.8) is 0 Å². The number of alkyl carbamates (subject to hydrolysis) is 1. The molecule has 15 N–H and O–H groups in total. The van der Waals surface area contributed by atoms with Crippen LogP contribution in [0, 0.1) is 0 Å². The van der Waals surface area contributed by atoms with Gasteiger partial charge in [0.05, 0.1) is 101 Å². The fourth-order valence-electron chi connectivity index (χ4n) is 12.2. The highest BCUT2D eigenvalue weighted by Crippen LogP contribution is 2.36. The molecule has 572 valence electrons. The Kier molecular flexibility index (Phi) is 38.2. The van der Waals surface area contributed by atoms with E-state index in [1.807, 2.05) is 67.8 Å². The van der Waals surface area contributed by atoms with Gasteiger partial charge in [0.1, 0.15) is 12.2 Å². The molecule has 0 saturated carbocycles. The molecule has 0 aliphatic carbocycles. The van der Waals surface area contributed by atoms with Crippen molar-refractivity contribution in [2.75, 3.05) is 109 Å². The molecule has 12 atom stereocenters. The first kappa shape index (κ1) is 83.9. The molecule has 101 heavy (non-hydrogen) atoms. The summed E-state index contributed by atoms with van der Waals surface area (Å²) in [5.41, 5.74) is -0.514. The van der Waals surface area contributed by atoms with Crippen molar-refractivity contribution in [3.05, 3.63) is 0 Å². The summed E-state index contributed by atoms with van der Waals surface area (Å²) < 4.78 is 26.6. The molecule has 9 saturated heterocycles. The molecule has 14 amide bonds. The van der Waals surface area contributed by atoms with Gasteiger partial charge in [0.25, 0.3) is 11.8 Å². The van der Waals surface area contributed by atoms with Crippen molar-refractivity contribution in [2.45, 2.75) is 211 Å². The van der Waals surface area contributed by atoms with Crippen molar-refractivity contribution in [1.82, 2.24) is 68.9 Å². The Hall–Kier alpha value is -6.00.